The summed E-state index contributed by atoms with van der Waals surface area (Å²) in [5, 5.41) is 8.17. The van der Waals surface area contributed by atoms with E-state index in [1.54, 1.807) is 27.1 Å². The molecule has 0 saturated heterocycles. The van der Waals surface area contributed by atoms with Crippen molar-refractivity contribution in [2.24, 2.45) is 23.7 Å². The molecule has 15 rings (SSSR count). The van der Waals surface area contributed by atoms with Gasteiger partial charge in [-0.1, -0.05) is 159 Å². The van der Waals surface area contributed by atoms with Crippen LogP contribution in [0.4, 0.5) is 0 Å². The van der Waals surface area contributed by atoms with Gasteiger partial charge in [-0.3, -0.25) is 0 Å². The number of rotatable bonds is 4. The standard InChI is InChI=1S/C59H47N3Si/c1-63(2)52-18-9-8-17-50(52)54-53(63)26-25-49-48-24-21-40(34-51(48)59(55(49)54)44-28-35-27-36(30-44)31-45(59)29-35)39-14-10-15-42(32-39)57-60-56(38-12-4-3-5-13-38)61-58(62-57)43-22-23-47-41(33-43)20-19-37-11-6-7-16-46(37)47/h3-26,32-36,44-45H,27-31H2,1-2H3. The third-order valence-corrected chi connectivity index (χ3v) is 20.0. The zero-order valence-electron chi connectivity index (χ0n) is 35.8. The minimum Gasteiger partial charge on any atom is -0.208 e. The van der Waals surface area contributed by atoms with E-state index in [2.05, 4.69) is 171 Å². The summed E-state index contributed by atoms with van der Waals surface area (Å²) in [5.41, 5.74) is 14.9. The van der Waals surface area contributed by atoms with Gasteiger partial charge in [-0.15, -0.1) is 0 Å². The fourth-order valence-corrected chi connectivity index (χ4v) is 17.1. The lowest BCUT2D eigenvalue weighted by Crippen LogP contribution is -2.56. The van der Waals surface area contributed by atoms with Crippen LogP contribution in [0.25, 0.3) is 89.1 Å². The number of nitrogens with zero attached hydrogens (tertiary/aromatic N) is 3. The zero-order chi connectivity index (χ0) is 41.6. The van der Waals surface area contributed by atoms with Crippen molar-refractivity contribution in [3.63, 3.8) is 0 Å². The minimum absolute atomic E-state index is 0.0544. The van der Waals surface area contributed by atoms with Crippen molar-refractivity contribution in [1.29, 1.82) is 0 Å². The zero-order valence-corrected chi connectivity index (χ0v) is 36.8. The van der Waals surface area contributed by atoms with Crippen molar-refractivity contribution in [3.8, 4) is 67.5 Å². The lowest BCUT2D eigenvalue weighted by atomic mass is 9.42. The van der Waals surface area contributed by atoms with Gasteiger partial charge in [0.25, 0.3) is 0 Å². The Labute approximate surface area is 370 Å². The topological polar surface area (TPSA) is 38.7 Å². The number of fused-ring (bicyclic) bond motifs is 10. The number of benzene rings is 8. The molecule has 0 radical (unpaired) electrons. The Balaban J connectivity index is 0.920. The minimum atomic E-state index is -1.84. The van der Waals surface area contributed by atoms with Crippen LogP contribution in [-0.4, -0.2) is 23.0 Å². The van der Waals surface area contributed by atoms with Crippen molar-refractivity contribution in [2.45, 2.75) is 50.6 Å². The van der Waals surface area contributed by atoms with Crippen LogP contribution in [0.3, 0.4) is 0 Å². The summed E-state index contributed by atoms with van der Waals surface area (Å²) in [6, 6.07) is 61.0. The van der Waals surface area contributed by atoms with Crippen LogP contribution < -0.4 is 10.4 Å². The summed E-state index contributed by atoms with van der Waals surface area (Å²) < 4.78 is 0. The molecule has 4 heteroatoms. The number of hydrogen-bond donors (Lipinski definition) is 0. The number of hydrogen-bond acceptors (Lipinski definition) is 3. The summed E-state index contributed by atoms with van der Waals surface area (Å²) in [6.45, 7) is 5.17. The van der Waals surface area contributed by atoms with Gasteiger partial charge in [0, 0.05) is 22.1 Å². The Morgan fingerprint density at radius 1 is 0.429 bits per heavy atom. The van der Waals surface area contributed by atoms with Crippen LogP contribution in [0.5, 0.6) is 0 Å². The first-order valence-corrected chi connectivity index (χ1v) is 26.2. The van der Waals surface area contributed by atoms with Gasteiger partial charge in [-0.2, -0.15) is 0 Å². The molecule has 9 aromatic rings. The van der Waals surface area contributed by atoms with Gasteiger partial charge in [-0.25, -0.2) is 15.0 Å². The van der Waals surface area contributed by atoms with Crippen molar-refractivity contribution >= 4 is 40.0 Å². The monoisotopic (exact) mass is 825 g/mol. The van der Waals surface area contributed by atoms with Gasteiger partial charge < -0.3 is 0 Å². The maximum absolute atomic E-state index is 5.25. The molecule has 5 aliphatic carbocycles. The fourth-order valence-electron chi connectivity index (χ4n) is 14.0. The molecular weight excluding hydrogens is 779 g/mol. The molecular formula is C59H47N3Si. The van der Waals surface area contributed by atoms with Crippen LogP contribution in [0.15, 0.2) is 164 Å². The van der Waals surface area contributed by atoms with Crippen molar-refractivity contribution in [3.05, 3.63) is 175 Å². The Morgan fingerprint density at radius 2 is 1.03 bits per heavy atom. The molecule has 2 heterocycles. The maximum atomic E-state index is 5.25. The summed E-state index contributed by atoms with van der Waals surface area (Å²) >= 11 is 0. The predicted octanol–water partition coefficient (Wildman–Crippen LogP) is 13.4. The molecule has 4 bridgehead atoms. The van der Waals surface area contributed by atoms with Crippen molar-refractivity contribution in [2.75, 3.05) is 0 Å². The van der Waals surface area contributed by atoms with Gasteiger partial charge in [0.15, 0.2) is 17.5 Å². The first-order valence-electron chi connectivity index (χ1n) is 23.2. The van der Waals surface area contributed by atoms with Crippen LogP contribution in [-0.2, 0) is 5.41 Å². The summed E-state index contributed by atoms with van der Waals surface area (Å²) in [6.07, 6.45) is 6.94. The lowest BCUT2D eigenvalue weighted by Gasteiger charge is -2.61. The normalized spacial score (nSPS) is 23.0. The summed E-state index contributed by atoms with van der Waals surface area (Å²) in [4.78, 5) is 15.6. The Kier molecular flexibility index (Phi) is 7.45. The molecule has 63 heavy (non-hydrogen) atoms. The van der Waals surface area contributed by atoms with Gasteiger partial charge in [0.2, 0.25) is 0 Å². The first kappa shape index (κ1) is 36.0. The van der Waals surface area contributed by atoms with Gasteiger partial charge in [0.05, 0.1) is 0 Å². The van der Waals surface area contributed by atoms with E-state index in [1.165, 1.54) is 81.5 Å². The molecule has 302 valence electrons. The first-order chi connectivity index (χ1) is 30.9. The highest BCUT2D eigenvalue weighted by Crippen LogP contribution is 2.70. The van der Waals surface area contributed by atoms with Crippen molar-refractivity contribution < 1.29 is 0 Å². The Hall–Kier alpha value is -6.49. The van der Waals surface area contributed by atoms with Gasteiger partial charge >= 0.3 is 0 Å². The quantitative estimate of drug-likeness (QED) is 0.131. The molecule has 8 aromatic carbocycles. The van der Waals surface area contributed by atoms with Gasteiger partial charge in [-0.05, 0) is 150 Å². The third-order valence-electron chi connectivity index (χ3n) is 16.5. The van der Waals surface area contributed by atoms with E-state index in [-0.39, 0.29) is 5.41 Å². The summed E-state index contributed by atoms with van der Waals surface area (Å²) in [5.74, 6) is 5.20. The molecule has 0 unspecified atom stereocenters. The highest BCUT2D eigenvalue weighted by atomic mass is 28.3. The Morgan fingerprint density at radius 3 is 1.84 bits per heavy atom. The predicted molar refractivity (Wildman–Crippen MR) is 262 cm³/mol. The second-order valence-electron chi connectivity index (χ2n) is 20.0. The molecule has 0 N–H and O–H groups in total. The molecule has 1 aromatic heterocycles. The van der Waals surface area contributed by atoms with E-state index in [9.17, 15) is 0 Å². The molecule has 4 fully saturated rings. The van der Waals surface area contributed by atoms with E-state index in [0.29, 0.717) is 29.3 Å². The van der Waals surface area contributed by atoms with E-state index >= 15 is 0 Å². The van der Waals surface area contributed by atoms with Crippen LogP contribution in [0.2, 0.25) is 13.1 Å². The number of aromatic nitrogens is 3. The molecule has 3 nitrogen and oxygen atoms in total. The molecule has 4 saturated carbocycles. The molecule has 6 aliphatic rings. The van der Waals surface area contributed by atoms with E-state index in [0.717, 1.165) is 28.5 Å². The Bertz CT molecular complexity index is 3370. The van der Waals surface area contributed by atoms with Crippen LogP contribution >= 0.6 is 0 Å². The SMILES string of the molecule is C[Si]1(C)c2ccccc2-c2c1ccc1c2C2(c3cc(-c4cccc(-c5nc(-c6ccccc6)nc(-c6ccc7c(ccc8ccccc87)c6)n5)c4)ccc3-1)C1CC3CC(C1)CC2C3. The van der Waals surface area contributed by atoms with E-state index < -0.39 is 8.07 Å². The third kappa shape index (κ3) is 5.04. The molecule has 0 amide bonds. The van der Waals surface area contributed by atoms with E-state index in [1.807, 2.05) is 6.07 Å². The molecule has 1 spiro atoms. The fraction of sp³-hybridized carbons (Fsp3) is 0.203. The lowest BCUT2D eigenvalue weighted by molar-refractivity contribution is -0.0396. The highest BCUT2D eigenvalue weighted by Gasteiger charge is 2.63. The highest BCUT2D eigenvalue weighted by molar-refractivity contribution is 7.03. The van der Waals surface area contributed by atoms with E-state index in [4.69, 9.17) is 15.0 Å². The average molecular weight is 826 g/mol. The second kappa shape index (κ2) is 13.0. The average Bonchev–Trinajstić information content (AvgIpc) is 3.75. The summed E-state index contributed by atoms with van der Waals surface area (Å²) in [7, 11) is -1.84. The van der Waals surface area contributed by atoms with Crippen LogP contribution in [0, 0.1) is 23.7 Å². The van der Waals surface area contributed by atoms with Gasteiger partial charge in [0.1, 0.15) is 8.07 Å². The maximum Gasteiger partial charge on any atom is 0.164 e. The molecule has 1 aliphatic heterocycles. The largest absolute Gasteiger partial charge is 0.208 e. The van der Waals surface area contributed by atoms with Crippen molar-refractivity contribution in [1.82, 2.24) is 15.0 Å². The smallest absolute Gasteiger partial charge is 0.164 e. The van der Waals surface area contributed by atoms with Crippen LogP contribution in [0.1, 0.15) is 43.2 Å². The molecule has 0 atom stereocenters. The second-order valence-corrected chi connectivity index (χ2v) is 24.3.